The zero-order chi connectivity index (χ0) is 25.2. The van der Waals surface area contributed by atoms with Gasteiger partial charge >= 0.3 is 11.7 Å². The Hall–Kier alpha value is -4.20. The predicted octanol–water partition coefficient (Wildman–Crippen LogP) is 5.30. The molecule has 1 aliphatic rings. The van der Waals surface area contributed by atoms with E-state index < -0.39 is 10.9 Å². The van der Waals surface area contributed by atoms with Crippen molar-refractivity contribution in [2.24, 2.45) is 5.92 Å². The van der Waals surface area contributed by atoms with Crippen LogP contribution >= 0.6 is 0 Å². The smallest absolute Gasteiger partial charge is 0.330 e. The van der Waals surface area contributed by atoms with E-state index in [1.54, 1.807) is 36.4 Å². The third-order valence-electron chi connectivity index (χ3n) is 5.61. The molecular weight excluding hydrogens is 448 g/mol. The number of hydrogen-bond donors (Lipinski definition) is 1. The summed E-state index contributed by atoms with van der Waals surface area (Å²) in [6.07, 6.45) is 12.2. The minimum Gasteiger partial charge on any atom is -0.487 e. The lowest BCUT2D eigenvalue weighted by Crippen LogP contribution is -2.09. The molecule has 8 nitrogen and oxygen atoms in total. The van der Waals surface area contributed by atoms with Crippen LogP contribution in [0.1, 0.15) is 41.6 Å². The zero-order valence-electron chi connectivity index (χ0n) is 19.5. The van der Waals surface area contributed by atoms with Gasteiger partial charge in [0.25, 0.3) is 0 Å². The molecule has 2 aromatic carbocycles. The van der Waals surface area contributed by atoms with Crippen LogP contribution in [0.5, 0.6) is 5.75 Å². The maximum atomic E-state index is 12.9. The van der Waals surface area contributed by atoms with Crippen molar-refractivity contribution in [3.8, 4) is 5.75 Å². The largest absolute Gasteiger partial charge is 0.487 e. The molecule has 0 spiro atoms. The van der Waals surface area contributed by atoms with Gasteiger partial charge in [-0.3, -0.25) is 14.9 Å². The summed E-state index contributed by atoms with van der Waals surface area (Å²) >= 11 is 0. The summed E-state index contributed by atoms with van der Waals surface area (Å²) in [4.78, 5) is 34.8. The predicted molar refractivity (Wildman–Crippen MR) is 134 cm³/mol. The van der Waals surface area contributed by atoms with Crippen molar-refractivity contribution >= 4 is 29.2 Å². The van der Waals surface area contributed by atoms with Crippen molar-refractivity contribution in [3.05, 3.63) is 93.6 Å². The molecule has 0 bridgehead atoms. The van der Waals surface area contributed by atoms with E-state index in [0.717, 1.165) is 31.2 Å². The van der Waals surface area contributed by atoms with Crippen molar-refractivity contribution in [2.45, 2.75) is 25.7 Å². The summed E-state index contributed by atoms with van der Waals surface area (Å²) in [5.41, 5.74) is 7.83. The van der Waals surface area contributed by atoms with Gasteiger partial charge in [-0.05, 0) is 55.4 Å². The van der Waals surface area contributed by atoms with Crippen molar-refractivity contribution in [2.75, 3.05) is 19.5 Å². The number of methoxy groups -OCH3 is 1. The molecule has 1 atom stereocenters. The van der Waals surface area contributed by atoms with Crippen LogP contribution in [-0.2, 0) is 9.53 Å². The molecule has 35 heavy (non-hydrogen) atoms. The van der Waals surface area contributed by atoms with E-state index in [0.29, 0.717) is 23.4 Å². The Morgan fingerprint density at radius 2 is 1.94 bits per heavy atom. The second kappa shape index (κ2) is 12.3. The monoisotopic (exact) mass is 476 g/mol. The van der Waals surface area contributed by atoms with Crippen LogP contribution in [0.15, 0.2) is 72.3 Å². The number of nitrogen functional groups attached to an aromatic ring is 1. The lowest BCUT2D eigenvalue weighted by molar-refractivity contribution is -0.385. The number of ether oxygens (including phenoxy) is 2. The highest BCUT2D eigenvalue weighted by Crippen LogP contribution is 2.29. The molecule has 0 aromatic heterocycles. The van der Waals surface area contributed by atoms with Gasteiger partial charge < -0.3 is 15.2 Å². The van der Waals surface area contributed by atoms with Gasteiger partial charge in [0.05, 0.1) is 18.6 Å². The van der Waals surface area contributed by atoms with E-state index in [2.05, 4.69) is 4.74 Å². The van der Waals surface area contributed by atoms with Crippen LogP contribution in [0.4, 0.5) is 11.4 Å². The fourth-order valence-corrected chi connectivity index (χ4v) is 3.73. The highest BCUT2D eigenvalue weighted by Gasteiger charge is 2.17. The Kier molecular flexibility index (Phi) is 8.95. The van der Waals surface area contributed by atoms with Crippen LogP contribution in [0.2, 0.25) is 0 Å². The number of allylic oxidation sites excluding steroid dienone is 4. The van der Waals surface area contributed by atoms with Crippen molar-refractivity contribution in [1.29, 1.82) is 0 Å². The average Bonchev–Trinajstić information content (AvgIpc) is 2.87. The minimum atomic E-state index is -0.504. The van der Waals surface area contributed by atoms with E-state index in [1.165, 1.54) is 25.3 Å². The van der Waals surface area contributed by atoms with Gasteiger partial charge in [0.2, 0.25) is 0 Å². The Morgan fingerprint density at radius 1 is 1.17 bits per heavy atom. The summed E-state index contributed by atoms with van der Waals surface area (Å²) in [6.45, 7) is 0.361. The van der Waals surface area contributed by atoms with Crippen LogP contribution in [0.3, 0.4) is 0 Å². The van der Waals surface area contributed by atoms with Crippen LogP contribution in [-0.4, -0.2) is 30.4 Å². The standard InChI is InChI=1S/C27H28N2O6/c1-34-26(30)15-10-19-8-11-21(12-9-19)27(31)22-7-4-6-20(17-22)5-2-3-16-35-25-14-13-23(28)18-24(25)29(32)33/h4,7-15,17-18,20H,2-3,5-6,16,28H2,1H3/b15-10+. The minimum absolute atomic E-state index is 0.0477. The Morgan fingerprint density at radius 3 is 2.66 bits per heavy atom. The number of carbonyl (C=O) groups is 2. The summed E-state index contributed by atoms with van der Waals surface area (Å²) in [6, 6.07) is 11.4. The first-order valence-electron chi connectivity index (χ1n) is 11.3. The number of nitro groups is 1. The number of nitro benzene ring substituents is 1. The average molecular weight is 477 g/mol. The third-order valence-corrected chi connectivity index (χ3v) is 5.61. The fourth-order valence-electron chi connectivity index (χ4n) is 3.73. The number of anilines is 1. The molecule has 0 aliphatic heterocycles. The number of nitrogens with two attached hydrogens (primary N) is 1. The fraction of sp³-hybridized carbons (Fsp3) is 0.259. The molecule has 2 aromatic rings. The molecule has 0 heterocycles. The van der Waals surface area contributed by atoms with Crippen molar-refractivity contribution in [1.82, 2.24) is 0 Å². The molecule has 0 saturated carbocycles. The summed E-state index contributed by atoms with van der Waals surface area (Å²) in [7, 11) is 1.32. The summed E-state index contributed by atoms with van der Waals surface area (Å²) < 4.78 is 10.2. The second-order valence-corrected chi connectivity index (χ2v) is 8.16. The van der Waals surface area contributed by atoms with E-state index in [9.17, 15) is 19.7 Å². The lowest BCUT2D eigenvalue weighted by atomic mass is 9.88. The maximum absolute atomic E-state index is 12.9. The van der Waals surface area contributed by atoms with Crippen LogP contribution in [0.25, 0.3) is 6.08 Å². The molecule has 2 N–H and O–H groups in total. The van der Waals surface area contributed by atoms with Gasteiger partial charge in [0.15, 0.2) is 11.5 Å². The molecule has 1 aliphatic carbocycles. The molecule has 0 fully saturated rings. The van der Waals surface area contributed by atoms with Gasteiger partial charge in [0, 0.05) is 29.0 Å². The number of carbonyl (C=O) groups excluding carboxylic acids is 2. The number of Topliss-reactive ketones (excluding diaryl/α,β-unsaturated/α-hetero) is 1. The molecule has 0 radical (unpaired) electrons. The number of unbranched alkanes of at least 4 members (excludes halogenated alkanes) is 1. The molecular formula is C27H28N2O6. The second-order valence-electron chi connectivity index (χ2n) is 8.16. The van der Waals surface area contributed by atoms with Gasteiger partial charge in [-0.1, -0.05) is 42.5 Å². The van der Waals surface area contributed by atoms with Gasteiger partial charge in [-0.2, -0.15) is 0 Å². The molecule has 8 heteroatoms. The van der Waals surface area contributed by atoms with E-state index in [1.807, 2.05) is 18.2 Å². The van der Waals surface area contributed by atoms with E-state index in [-0.39, 0.29) is 23.1 Å². The molecule has 0 saturated heterocycles. The first kappa shape index (κ1) is 25.4. The van der Waals surface area contributed by atoms with Gasteiger partial charge in [-0.25, -0.2) is 4.79 Å². The first-order valence-corrected chi connectivity index (χ1v) is 11.3. The van der Waals surface area contributed by atoms with E-state index >= 15 is 0 Å². The van der Waals surface area contributed by atoms with Gasteiger partial charge in [-0.15, -0.1) is 0 Å². The van der Waals surface area contributed by atoms with Crippen molar-refractivity contribution in [3.63, 3.8) is 0 Å². The number of ketones is 1. The zero-order valence-corrected chi connectivity index (χ0v) is 19.5. The van der Waals surface area contributed by atoms with E-state index in [4.69, 9.17) is 10.5 Å². The summed E-state index contributed by atoms with van der Waals surface area (Å²) in [5, 5.41) is 11.1. The topological polar surface area (TPSA) is 122 Å². The summed E-state index contributed by atoms with van der Waals surface area (Å²) in [5.74, 6) is -0.0308. The van der Waals surface area contributed by atoms with Crippen molar-refractivity contribution < 1.29 is 24.0 Å². The number of rotatable bonds is 11. The quantitative estimate of drug-likeness (QED) is 0.0888. The van der Waals surface area contributed by atoms with Crippen LogP contribution in [0, 0.1) is 16.0 Å². The Balaban J connectivity index is 1.50. The SMILES string of the molecule is COC(=O)/C=C/c1ccc(C(=O)C2=CC(CCCCOc3ccc(N)cc3[N+](=O)[O-])CC=C2)cc1. The molecule has 182 valence electrons. The number of benzene rings is 2. The lowest BCUT2D eigenvalue weighted by Gasteiger charge is -2.16. The van der Waals surface area contributed by atoms with Crippen LogP contribution < -0.4 is 10.5 Å². The maximum Gasteiger partial charge on any atom is 0.330 e. The Bertz CT molecular complexity index is 1160. The highest BCUT2D eigenvalue weighted by atomic mass is 16.6. The Labute approximate surface area is 203 Å². The molecule has 0 amide bonds. The highest BCUT2D eigenvalue weighted by molar-refractivity contribution is 6.10. The molecule has 3 rings (SSSR count). The first-order chi connectivity index (χ1) is 16.9. The molecule has 1 unspecified atom stereocenters. The number of esters is 1. The third kappa shape index (κ3) is 7.40. The van der Waals surface area contributed by atoms with Gasteiger partial charge in [0.1, 0.15) is 0 Å². The number of hydrogen-bond acceptors (Lipinski definition) is 7. The normalized spacial score (nSPS) is 15.0. The number of nitrogens with zero attached hydrogens (tertiary/aromatic N) is 1.